The molecule has 0 atom stereocenters. The van der Waals surface area contributed by atoms with Crippen LogP contribution >= 0.6 is 0 Å². The Bertz CT molecular complexity index is 907. The van der Waals surface area contributed by atoms with E-state index in [0.29, 0.717) is 29.6 Å². The van der Waals surface area contributed by atoms with E-state index in [9.17, 15) is 4.79 Å². The van der Waals surface area contributed by atoms with Gasteiger partial charge in [-0.15, -0.1) is 0 Å². The molecule has 0 unspecified atom stereocenters. The summed E-state index contributed by atoms with van der Waals surface area (Å²) in [7, 11) is 3.42. The van der Waals surface area contributed by atoms with E-state index in [0.717, 1.165) is 11.3 Å². The number of ether oxygens (including phenoxy) is 1. The minimum Gasteiger partial charge on any atom is -0.437 e. The largest absolute Gasteiger partial charge is 0.437 e. The second kappa shape index (κ2) is 7.64. The van der Waals surface area contributed by atoms with E-state index < -0.39 is 0 Å². The van der Waals surface area contributed by atoms with Gasteiger partial charge in [-0.25, -0.2) is 9.67 Å². The third-order valence-electron chi connectivity index (χ3n) is 3.83. The van der Waals surface area contributed by atoms with Crippen LogP contribution in [0.25, 0.3) is 0 Å². The highest BCUT2D eigenvalue weighted by Gasteiger charge is 2.16. The monoisotopic (exact) mass is 352 g/mol. The summed E-state index contributed by atoms with van der Waals surface area (Å²) < 4.78 is 7.63. The number of aryl methyl sites for hydroxylation is 2. The summed E-state index contributed by atoms with van der Waals surface area (Å²) in [6, 6.07) is 7.01. The second-order valence-corrected chi connectivity index (χ2v) is 5.65. The van der Waals surface area contributed by atoms with Gasteiger partial charge in [0.25, 0.3) is 5.91 Å². The van der Waals surface area contributed by atoms with Crippen molar-refractivity contribution in [1.82, 2.24) is 25.1 Å². The Balaban J connectivity index is 1.79. The molecule has 0 fully saturated rings. The molecule has 0 aliphatic rings. The van der Waals surface area contributed by atoms with E-state index in [2.05, 4.69) is 25.7 Å². The lowest BCUT2D eigenvalue weighted by atomic mass is 10.2. The normalized spacial score (nSPS) is 10.4. The average Bonchev–Trinajstić information content (AvgIpc) is 2.93. The number of nitrogens with one attached hydrogen (secondary N) is 2. The van der Waals surface area contributed by atoms with E-state index in [1.54, 1.807) is 42.5 Å². The molecule has 0 bridgehead atoms. The topological polar surface area (TPSA) is 94.0 Å². The average molecular weight is 352 g/mol. The van der Waals surface area contributed by atoms with Crippen LogP contribution in [0.5, 0.6) is 11.6 Å². The third kappa shape index (κ3) is 3.80. The molecule has 134 valence electrons. The summed E-state index contributed by atoms with van der Waals surface area (Å²) in [6.45, 7) is 2.38. The minimum absolute atomic E-state index is 0.159. The summed E-state index contributed by atoms with van der Waals surface area (Å²) in [5.41, 5.74) is 2.30. The van der Waals surface area contributed by atoms with E-state index in [1.165, 1.54) is 0 Å². The lowest BCUT2D eigenvalue weighted by molar-refractivity contribution is 0.0963. The van der Waals surface area contributed by atoms with Crippen LogP contribution in [0, 0.1) is 6.92 Å². The van der Waals surface area contributed by atoms with Crippen LogP contribution < -0.4 is 15.4 Å². The van der Waals surface area contributed by atoms with Crippen LogP contribution in [0.15, 0.2) is 42.9 Å². The maximum atomic E-state index is 11.7. The molecular formula is C18H20N6O2. The molecule has 3 rings (SSSR count). The Morgan fingerprint density at radius 1 is 1.31 bits per heavy atom. The summed E-state index contributed by atoms with van der Waals surface area (Å²) in [6.07, 6.45) is 4.93. The number of hydrogen-bond acceptors (Lipinski definition) is 6. The molecule has 0 aromatic carbocycles. The number of carbonyl (C=O) groups is 1. The van der Waals surface area contributed by atoms with Crippen LogP contribution in [0.4, 0.5) is 5.82 Å². The van der Waals surface area contributed by atoms with E-state index in [4.69, 9.17) is 4.74 Å². The molecule has 0 aliphatic heterocycles. The van der Waals surface area contributed by atoms with Gasteiger partial charge in [0.2, 0.25) is 5.88 Å². The van der Waals surface area contributed by atoms with Crippen molar-refractivity contribution in [2.75, 3.05) is 12.4 Å². The van der Waals surface area contributed by atoms with Crippen LogP contribution in [0.2, 0.25) is 0 Å². The van der Waals surface area contributed by atoms with Gasteiger partial charge in [0, 0.05) is 38.6 Å². The predicted molar refractivity (Wildman–Crippen MR) is 97.2 cm³/mol. The highest BCUT2D eigenvalue weighted by molar-refractivity contribution is 5.94. The molecule has 1 amide bonds. The van der Waals surface area contributed by atoms with Crippen LogP contribution in [0.1, 0.15) is 21.6 Å². The summed E-state index contributed by atoms with van der Waals surface area (Å²) >= 11 is 0. The number of aromatic nitrogens is 4. The first kappa shape index (κ1) is 17.4. The zero-order valence-electron chi connectivity index (χ0n) is 14.9. The van der Waals surface area contributed by atoms with Crippen molar-refractivity contribution in [2.45, 2.75) is 13.5 Å². The van der Waals surface area contributed by atoms with Crippen molar-refractivity contribution in [3.8, 4) is 11.6 Å². The quantitative estimate of drug-likeness (QED) is 0.707. The molecular weight excluding hydrogens is 332 g/mol. The number of amides is 1. The van der Waals surface area contributed by atoms with Gasteiger partial charge in [-0.3, -0.25) is 9.78 Å². The number of nitrogens with zero attached hydrogens (tertiary/aromatic N) is 4. The van der Waals surface area contributed by atoms with Gasteiger partial charge in [-0.2, -0.15) is 5.10 Å². The van der Waals surface area contributed by atoms with Gasteiger partial charge in [0.1, 0.15) is 11.6 Å². The molecule has 8 heteroatoms. The fourth-order valence-corrected chi connectivity index (χ4v) is 2.52. The highest BCUT2D eigenvalue weighted by atomic mass is 16.5. The third-order valence-corrected chi connectivity index (χ3v) is 3.83. The zero-order valence-corrected chi connectivity index (χ0v) is 14.9. The van der Waals surface area contributed by atoms with E-state index >= 15 is 0 Å². The number of carbonyl (C=O) groups excluding carboxylic acids is 1. The molecule has 3 aromatic rings. The van der Waals surface area contributed by atoms with Crippen molar-refractivity contribution in [1.29, 1.82) is 0 Å². The zero-order chi connectivity index (χ0) is 18.5. The Hall–Kier alpha value is -3.42. The van der Waals surface area contributed by atoms with E-state index in [1.807, 2.05) is 26.1 Å². The van der Waals surface area contributed by atoms with Gasteiger partial charge in [0.15, 0.2) is 0 Å². The number of anilines is 1. The number of pyridine rings is 2. The van der Waals surface area contributed by atoms with Gasteiger partial charge < -0.3 is 15.4 Å². The van der Waals surface area contributed by atoms with Crippen molar-refractivity contribution >= 4 is 11.7 Å². The molecule has 8 nitrogen and oxygen atoms in total. The fourth-order valence-electron chi connectivity index (χ4n) is 2.52. The first-order valence-electron chi connectivity index (χ1n) is 8.11. The van der Waals surface area contributed by atoms with Crippen LogP contribution in [-0.4, -0.2) is 32.7 Å². The maximum absolute atomic E-state index is 11.7. The Morgan fingerprint density at radius 2 is 2.15 bits per heavy atom. The first-order chi connectivity index (χ1) is 12.6. The smallest absolute Gasteiger partial charge is 0.251 e. The SMILES string of the molecule is CNC(=O)c1ccnc(NCc2c(C)nn(C)c2Oc2cccnc2)c1. The standard InChI is InChI=1S/C18H20N6O2/c1-12-15(11-22-16-9-13(6-8-21-16)17(25)19-2)18(24(3)23-12)26-14-5-4-7-20-10-14/h4-10H,11H2,1-3H3,(H,19,25)(H,21,22). The summed E-state index contributed by atoms with van der Waals surface area (Å²) in [5.74, 6) is 1.71. The fraction of sp³-hybridized carbons (Fsp3) is 0.222. The van der Waals surface area contributed by atoms with Gasteiger partial charge in [-0.1, -0.05) is 0 Å². The second-order valence-electron chi connectivity index (χ2n) is 5.65. The van der Waals surface area contributed by atoms with Crippen molar-refractivity contribution in [2.24, 2.45) is 7.05 Å². The lowest BCUT2D eigenvalue weighted by Crippen LogP contribution is -2.18. The molecule has 26 heavy (non-hydrogen) atoms. The molecule has 3 heterocycles. The number of hydrogen-bond donors (Lipinski definition) is 2. The highest BCUT2D eigenvalue weighted by Crippen LogP contribution is 2.27. The molecule has 2 N–H and O–H groups in total. The minimum atomic E-state index is -0.159. The summed E-state index contributed by atoms with van der Waals surface area (Å²) in [5, 5.41) is 10.2. The molecule has 0 aliphatic carbocycles. The Morgan fingerprint density at radius 3 is 2.88 bits per heavy atom. The molecule has 0 saturated carbocycles. The van der Waals surface area contributed by atoms with Gasteiger partial charge >= 0.3 is 0 Å². The molecule has 3 aromatic heterocycles. The predicted octanol–water partition coefficient (Wildman–Crippen LogP) is 2.28. The van der Waals surface area contributed by atoms with E-state index in [-0.39, 0.29) is 5.91 Å². The summed E-state index contributed by atoms with van der Waals surface area (Å²) in [4.78, 5) is 20.1. The van der Waals surface area contributed by atoms with Crippen LogP contribution in [0.3, 0.4) is 0 Å². The number of rotatable bonds is 6. The van der Waals surface area contributed by atoms with Crippen LogP contribution in [-0.2, 0) is 13.6 Å². The van der Waals surface area contributed by atoms with Crippen molar-refractivity contribution in [3.63, 3.8) is 0 Å². The molecule has 0 spiro atoms. The Kier molecular flexibility index (Phi) is 5.12. The van der Waals surface area contributed by atoms with Gasteiger partial charge in [-0.05, 0) is 31.2 Å². The lowest BCUT2D eigenvalue weighted by Gasteiger charge is -2.10. The maximum Gasteiger partial charge on any atom is 0.251 e. The molecule has 0 saturated heterocycles. The van der Waals surface area contributed by atoms with Gasteiger partial charge in [0.05, 0.1) is 17.5 Å². The Labute approximate surface area is 151 Å². The van der Waals surface area contributed by atoms with Crippen molar-refractivity contribution in [3.05, 3.63) is 59.7 Å². The van der Waals surface area contributed by atoms with Crippen molar-refractivity contribution < 1.29 is 9.53 Å². The molecule has 0 radical (unpaired) electrons. The first-order valence-corrected chi connectivity index (χ1v) is 8.11.